The molecule has 4 aromatic rings. The van der Waals surface area contributed by atoms with Crippen molar-refractivity contribution < 1.29 is 14.3 Å². The predicted octanol–water partition coefficient (Wildman–Crippen LogP) is 3.23. The summed E-state index contributed by atoms with van der Waals surface area (Å²) in [6.07, 6.45) is 0. The van der Waals surface area contributed by atoms with E-state index >= 15 is 0 Å². The second kappa shape index (κ2) is 7.35. The summed E-state index contributed by atoms with van der Waals surface area (Å²) >= 11 is 1.48. The summed E-state index contributed by atoms with van der Waals surface area (Å²) in [4.78, 5) is 25.2. The highest BCUT2D eigenvalue weighted by Crippen LogP contribution is 2.26. The first-order chi connectivity index (χ1) is 13.5. The molecule has 0 unspecified atom stereocenters. The lowest BCUT2D eigenvalue weighted by molar-refractivity contribution is 0.0454. The summed E-state index contributed by atoms with van der Waals surface area (Å²) < 4.78 is 12.0. The lowest BCUT2D eigenvalue weighted by Gasteiger charge is -2.01. The Hall–Kier alpha value is -3.33. The van der Waals surface area contributed by atoms with Crippen LogP contribution in [0.2, 0.25) is 0 Å². The summed E-state index contributed by atoms with van der Waals surface area (Å²) in [5.74, 6) is 0.530. The fourth-order valence-corrected chi connectivity index (χ4v) is 3.51. The van der Waals surface area contributed by atoms with Gasteiger partial charge in [0.15, 0.2) is 0 Å². The highest BCUT2D eigenvalue weighted by atomic mass is 32.1. The van der Waals surface area contributed by atoms with Crippen LogP contribution in [-0.2, 0) is 11.3 Å². The van der Waals surface area contributed by atoms with E-state index in [2.05, 4.69) is 20.1 Å². The number of thiazole rings is 1. The number of fused-ring (bicyclic) bond motifs is 1. The van der Waals surface area contributed by atoms with Crippen LogP contribution in [0.25, 0.3) is 16.3 Å². The maximum absolute atomic E-state index is 12.3. The second-order valence-electron chi connectivity index (χ2n) is 6.13. The molecule has 0 spiro atoms. The van der Waals surface area contributed by atoms with Gasteiger partial charge >= 0.3 is 5.97 Å². The summed E-state index contributed by atoms with van der Waals surface area (Å²) in [6.45, 7) is 3.79. The Balaban J connectivity index is 1.45. The molecule has 1 aromatic carbocycles. The minimum absolute atomic E-state index is 0.0215. The van der Waals surface area contributed by atoms with Crippen molar-refractivity contribution in [2.75, 3.05) is 7.11 Å². The van der Waals surface area contributed by atoms with E-state index in [9.17, 15) is 4.79 Å². The first kappa shape index (κ1) is 18.1. The lowest BCUT2D eigenvalue weighted by atomic mass is 10.2. The van der Waals surface area contributed by atoms with Gasteiger partial charge in [0, 0.05) is 22.3 Å². The average molecular weight is 395 g/mol. The quantitative estimate of drug-likeness (QED) is 0.479. The molecule has 0 saturated carbocycles. The van der Waals surface area contributed by atoms with Gasteiger partial charge in [-0.2, -0.15) is 4.98 Å². The highest BCUT2D eigenvalue weighted by Gasteiger charge is 2.17. The molecule has 3 heterocycles. The molecular weight excluding hydrogens is 378 g/mol. The molecule has 0 radical (unpaired) electrons. The summed E-state index contributed by atoms with van der Waals surface area (Å²) in [5.41, 5.74) is 3.30. The fourth-order valence-electron chi connectivity index (χ4n) is 2.70. The molecule has 0 N–H and O–H groups in total. The number of aryl methyl sites for hydroxylation is 2. The molecule has 0 atom stereocenters. The fraction of sp³-hybridized carbons (Fsp3) is 0.211. The third-order valence-electron chi connectivity index (χ3n) is 4.04. The van der Waals surface area contributed by atoms with Crippen molar-refractivity contribution in [2.24, 2.45) is 0 Å². The number of nitrogens with zero attached hydrogens (tertiary/aromatic N) is 5. The van der Waals surface area contributed by atoms with Crippen LogP contribution in [0.15, 0.2) is 35.7 Å². The molecule has 0 amide bonds. The van der Waals surface area contributed by atoms with E-state index < -0.39 is 5.97 Å². The molecule has 4 rings (SSSR count). The monoisotopic (exact) mass is 395 g/mol. The maximum Gasteiger partial charge on any atom is 0.378 e. The first-order valence-corrected chi connectivity index (χ1v) is 9.38. The van der Waals surface area contributed by atoms with Gasteiger partial charge < -0.3 is 9.47 Å². The minimum Gasteiger partial charge on any atom is -0.497 e. The van der Waals surface area contributed by atoms with Gasteiger partial charge in [-0.3, -0.25) is 0 Å². The molecule has 3 aromatic heterocycles. The number of hydrogen-bond acceptors (Lipinski definition) is 8. The number of carbonyl (C=O) groups excluding carboxylic acids is 1. The number of carbonyl (C=O) groups is 1. The third kappa shape index (κ3) is 3.56. The molecule has 8 nitrogen and oxygen atoms in total. The third-order valence-corrected chi connectivity index (χ3v) is 4.98. The Labute approximate surface area is 164 Å². The van der Waals surface area contributed by atoms with Gasteiger partial charge in [0.25, 0.3) is 11.6 Å². The van der Waals surface area contributed by atoms with Crippen molar-refractivity contribution in [3.63, 3.8) is 0 Å². The van der Waals surface area contributed by atoms with Crippen LogP contribution >= 0.6 is 11.3 Å². The normalized spacial score (nSPS) is 11.0. The van der Waals surface area contributed by atoms with Crippen molar-refractivity contribution in [1.82, 2.24) is 24.6 Å². The van der Waals surface area contributed by atoms with Crippen LogP contribution in [0, 0.1) is 13.8 Å². The summed E-state index contributed by atoms with van der Waals surface area (Å²) in [7, 11) is 1.63. The number of benzene rings is 1. The van der Waals surface area contributed by atoms with E-state index in [-0.39, 0.29) is 12.4 Å². The van der Waals surface area contributed by atoms with Crippen molar-refractivity contribution in [3.8, 4) is 16.3 Å². The smallest absolute Gasteiger partial charge is 0.378 e. The second-order valence-corrected chi connectivity index (χ2v) is 6.99. The Kier molecular flexibility index (Phi) is 4.74. The van der Waals surface area contributed by atoms with Crippen LogP contribution in [-0.4, -0.2) is 37.6 Å². The van der Waals surface area contributed by atoms with E-state index in [4.69, 9.17) is 9.47 Å². The van der Waals surface area contributed by atoms with Crippen LogP contribution in [0.3, 0.4) is 0 Å². The molecule has 0 bridgehead atoms. The molecule has 28 heavy (non-hydrogen) atoms. The molecule has 0 aliphatic heterocycles. The zero-order valence-corrected chi connectivity index (χ0v) is 16.4. The SMILES string of the molecule is COc1ccc(-c2nc(COC(=O)c3nc4nc(C)cc(C)n4n3)cs2)cc1. The standard InChI is InChI=1S/C19H17N5O3S/c1-11-8-12(2)24-19(20-11)22-16(23-24)18(25)27-9-14-10-28-17(21-14)13-4-6-15(26-3)7-5-13/h4-8,10H,9H2,1-3H3. The average Bonchev–Trinajstić information content (AvgIpc) is 3.33. The number of hydrogen-bond donors (Lipinski definition) is 0. The lowest BCUT2D eigenvalue weighted by Crippen LogP contribution is -2.08. The van der Waals surface area contributed by atoms with Gasteiger partial charge in [0.2, 0.25) is 0 Å². The van der Waals surface area contributed by atoms with Gasteiger partial charge in [-0.25, -0.2) is 19.3 Å². The van der Waals surface area contributed by atoms with Crippen molar-refractivity contribution in [1.29, 1.82) is 0 Å². The molecule has 142 valence electrons. The summed E-state index contributed by atoms with van der Waals surface area (Å²) in [6, 6.07) is 9.50. The largest absolute Gasteiger partial charge is 0.497 e. The van der Waals surface area contributed by atoms with E-state index in [1.54, 1.807) is 7.11 Å². The minimum atomic E-state index is -0.610. The Morgan fingerprint density at radius 2 is 1.93 bits per heavy atom. The van der Waals surface area contributed by atoms with E-state index in [1.165, 1.54) is 15.9 Å². The van der Waals surface area contributed by atoms with Gasteiger partial charge in [-0.05, 0) is 44.2 Å². The van der Waals surface area contributed by atoms with Crippen molar-refractivity contribution in [2.45, 2.75) is 20.5 Å². The molecule has 0 fully saturated rings. The van der Waals surface area contributed by atoms with Gasteiger partial charge in [-0.15, -0.1) is 16.4 Å². The van der Waals surface area contributed by atoms with Gasteiger partial charge in [0.05, 0.1) is 12.8 Å². The Morgan fingerprint density at radius 3 is 2.68 bits per heavy atom. The first-order valence-electron chi connectivity index (χ1n) is 8.50. The molecular formula is C19H17N5O3S. The van der Waals surface area contributed by atoms with Gasteiger partial charge in [0.1, 0.15) is 17.4 Å². The Bertz CT molecular complexity index is 1150. The number of ether oxygens (including phenoxy) is 2. The molecule has 0 aliphatic rings. The molecule has 0 saturated heterocycles. The molecule has 9 heteroatoms. The zero-order valence-electron chi connectivity index (χ0n) is 15.5. The number of methoxy groups -OCH3 is 1. The highest BCUT2D eigenvalue weighted by molar-refractivity contribution is 7.13. The topological polar surface area (TPSA) is 91.5 Å². The van der Waals surface area contributed by atoms with E-state index in [0.29, 0.717) is 11.5 Å². The van der Waals surface area contributed by atoms with Crippen molar-refractivity contribution in [3.05, 3.63) is 58.6 Å². The van der Waals surface area contributed by atoms with Crippen LogP contribution < -0.4 is 4.74 Å². The predicted molar refractivity (Wildman–Crippen MR) is 103 cm³/mol. The number of rotatable bonds is 5. The molecule has 0 aliphatic carbocycles. The Morgan fingerprint density at radius 1 is 1.14 bits per heavy atom. The van der Waals surface area contributed by atoms with Crippen LogP contribution in [0.1, 0.15) is 27.7 Å². The number of aromatic nitrogens is 5. The van der Waals surface area contributed by atoms with Crippen molar-refractivity contribution >= 4 is 23.1 Å². The van der Waals surface area contributed by atoms with Crippen LogP contribution in [0.4, 0.5) is 0 Å². The zero-order chi connectivity index (χ0) is 19.7. The van der Waals surface area contributed by atoms with Gasteiger partial charge in [-0.1, -0.05) is 0 Å². The maximum atomic E-state index is 12.3. The van der Waals surface area contributed by atoms with Crippen LogP contribution in [0.5, 0.6) is 5.75 Å². The summed E-state index contributed by atoms with van der Waals surface area (Å²) in [5, 5.41) is 6.88. The van der Waals surface area contributed by atoms with E-state index in [1.807, 2.05) is 49.6 Å². The van der Waals surface area contributed by atoms with E-state index in [0.717, 1.165) is 27.7 Å². The number of esters is 1.